The summed E-state index contributed by atoms with van der Waals surface area (Å²) in [5, 5.41) is 39.7. The summed E-state index contributed by atoms with van der Waals surface area (Å²) in [6, 6.07) is 1.71. The van der Waals surface area contributed by atoms with Crippen molar-refractivity contribution in [3.8, 4) is 5.75 Å². The van der Waals surface area contributed by atoms with E-state index < -0.39 is 97.2 Å². The molecule has 23 nitrogen and oxygen atoms in total. The second-order valence-corrected chi connectivity index (χ2v) is 17.7. The summed E-state index contributed by atoms with van der Waals surface area (Å²) in [7, 11) is 0. The molecular formula is C41H63N11O12S. The molecule has 2 fully saturated rings. The number of hydrogen-bond acceptors (Lipinski definition) is 13. The highest BCUT2D eigenvalue weighted by Crippen LogP contribution is 2.33. The van der Waals surface area contributed by atoms with E-state index in [1.165, 1.54) is 29.7 Å². The first-order valence-corrected chi connectivity index (χ1v) is 22.6. The van der Waals surface area contributed by atoms with Crippen molar-refractivity contribution in [2.75, 3.05) is 25.4 Å². The van der Waals surface area contributed by atoms with E-state index in [0.717, 1.165) is 18.6 Å². The van der Waals surface area contributed by atoms with Gasteiger partial charge in [0.25, 0.3) is 0 Å². The molecule has 0 aromatic heterocycles. The minimum Gasteiger partial charge on any atom is -0.508 e. The number of thioether (sulfide) groups is 1. The molecule has 0 radical (unpaired) electrons. The summed E-state index contributed by atoms with van der Waals surface area (Å²) in [4.78, 5) is 125. The maximum absolute atomic E-state index is 13.5. The highest BCUT2D eigenvalue weighted by atomic mass is 32.2. The number of hydroxylamine groups is 1. The molecule has 3 rings (SSSR count). The Morgan fingerprint density at radius 1 is 0.754 bits per heavy atom. The van der Waals surface area contributed by atoms with Gasteiger partial charge in [0.15, 0.2) is 0 Å². The number of carbonyl (C=O) groups excluding carboxylic acids is 10. The van der Waals surface area contributed by atoms with Crippen molar-refractivity contribution >= 4 is 71.0 Å². The number of rotatable bonds is 29. The largest absolute Gasteiger partial charge is 0.508 e. The SMILES string of the molecule is CC(C)CC(CC(=O)NO)C(=O)N[C@@H](CC(N)=O)C(=O)N[C@@H](Cc1ccc(O)cc1)C(=O)NCC(=O)NCC(=O)N[C@@H](CCCCNC(=O)CCCC[C@@H]1SC[C@@H]2NC(=O)N[C@@H]21)C(N)=O. The average molecular weight is 934 g/mol. The molecule has 0 saturated carbocycles. The van der Waals surface area contributed by atoms with Gasteiger partial charge in [0, 0.05) is 42.7 Å². The van der Waals surface area contributed by atoms with E-state index in [4.69, 9.17) is 16.7 Å². The molecule has 65 heavy (non-hydrogen) atoms. The first-order chi connectivity index (χ1) is 30.8. The van der Waals surface area contributed by atoms with E-state index in [1.807, 2.05) is 11.8 Å². The molecule has 7 atom stereocenters. The van der Waals surface area contributed by atoms with Gasteiger partial charge in [-0.1, -0.05) is 32.4 Å². The molecule has 2 aliphatic rings. The number of phenolic OH excluding ortho intramolecular Hbond substituents is 1. The maximum atomic E-state index is 13.5. The van der Waals surface area contributed by atoms with Crippen LogP contribution < -0.4 is 59.5 Å². The Morgan fingerprint density at radius 2 is 1.45 bits per heavy atom. The Hall–Kier alpha value is -6.17. The van der Waals surface area contributed by atoms with Gasteiger partial charge in [-0.15, -0.1) is 0 Å². The van der Waals surface area contributed by atoms with Crippen LogP contribution in [0.15, 0.2) is 24.3 Å². The van der Waals surface area contributed by atoms with E-state index in [-0.39, 0.29) is 55.0 Å². The summed E-state index contributed by atoms with van der Waals surface area (Å²) in [5.41, 5.74) is 12.8. The average Bonchev–Trinajstić information content (AvgIpc) is 3.81. The lowest BCUT2D eigenvalue weighted by atomic mass is 9.92. The van der Waals surface area contributed by atoms with Crippen LogP contribution in [0.4, 0.5) is 4.79 Å². The summed E-state index contributed by atoms with van der Waals surface area (Å²) in [5.74, 6) is -7.25. The van der Waals surface area contributed by atoms with Crippen molar-refractivity contribution in [2.45, 2.75) is 120 Å². The number of hydrogen-bond donors (Lipinski definition) is 13. The zero-order valence-electron chi connectivity index (χ0n) is 36.6. The number of primary amides is 2. The third-order valence-electron chi connectivity index (χ3n) is 10.6. The number of phenols is 1. The predicted octanol–water partition coefficient (Wildman–Crippen LogP) is -2.45. The standard InChI is InChI=1S/C41H63N11O12S/c1-22(2)15-24(17-33(56)52-64)38(60)48-28(18-31(42)54)40(62)49-27(16-23-10-12-25(53)13-11-23)39(61)46-19-34(57)45-20-35(58)47-26(37(43)59)7-5-6-14-44-32(55)9-4-3-8-30-36-29(21-65-30)50-41(63)51-36/h10-13,22,24,26-30,36,53,64H,3-9,14-21H2,1-2H3,(H2,42,54)(H2,43,59)(H,44,55)(H,45,57)(H,46,61)(H,47,58)(H,48,60)(H,49,62)(H,52,56)(H2,50,51,63)/t24?,26-,27-,28-,29-,30-,36-/m0/s1. The fourth-order valence-corrected chi connectivity index (χ4v) is 8.84. The number of nitrogens with one attached hydrogen (secondary N) is 9. The molecule has 11 amide bonds. The number of benzene rings is 1. The van der Waals surface area contributed by atoms with Gasteiger partial charge >= 0.3 is 6.03 Å². The van der Waals surface area contributed by atoms with Gasteiger partial charge in [0.1, 0.15) is 23.9 Å². The first-order valence-electron chi connectivity index (χ1n) is 21.5. The van der Waals surface area contributed by atoms with Gasteiger partial charge in [0.05, 0.1) is 31.6 Å². The van der Waals surface area contributed by atoms with E-state index in [9.17, 15) is 53.1 Å². The zero-order chi connectivity index (χ0) is 48.1. The van der Waals surface area contributed by atoms with Crippen molar-refractivity contribution < 1.29 is 58.3 Å². The lowest BCUT2D eigenvalue weighted by Crippen LogP contribution is -2.56. The maximum Gasteiger partial charge on any atom is 0.315 e. The number of urea groups is 1. The lowest BCUT2D eigenvalue weighted by Gasteiger charge is -2.25. The third kappa shape index (κ3) is 19.6. The van der Waals surface area contributed by atoms with Crippen molar-refractivity contribution in [2.24, 2.45) is 23.3 Å². The molecule has 0 bridgehead atoms. The highest BCUT2D eigenvalue weighted by molar-refractivity contribution is 8.00. The Morgan fingerprint density at radius 3 is 2.11 bits per heavy atom. The minimum atomic E-state index is -1.59. The monoisotopic (exact) mass is 933 g/mol. The molecule has 360 valence electrons. The van der Waals surface area contributed by atoms with Crippen molar-refractivity contribution in [1.29, 1.82) is 0 Å². The van der Waals surface area contributed by atoms with Crippen molar-refractivity contribution in [1.82, 2.24) is 48.0 Å². The molecule has 0 spiro atoms. The van der Waals surface area contributed by atoms with Gasteiger partial charge in [-0.3, -0.25) is 48.4 Å². The Balaban J connectivity index is 1.45. The Bertz CT molecular complexity index is 1850. The Labute approximate surface area is 380 Å². The molecule has 1 aromatic rings. The van der Waals surface area contributed by atoms with Crippen LogP contribution in [0.2, 0.25) is 0 Å². The van der Waals surface area contributed by atoms with Crippen LogP contribution in [-0.2, 0) is 49.6 Å². The quantitative estimate of drug-likeness (QED) is 0.0172. The minimum absolute atomic E-state index is 0.0754. The molecule has 24 heteroatoms. The van der Waals surface area contributed by atoms with Crippen LogP contribution in [0, 0.1) is 11.8 Å². The molecule has 0 aliphatic carbocycles. The van der Waals surface area contributed by atoms with Crippen LogP contribution in [-0.4, -0.2) is 130 Å². The second-order valence-electron chi connectivity index (χ2n) is 16.5. The molecular weight excluding hydrogens is 871 g/mol. The lowest BCUT2D eigenvalue weighted by molar-refractivity contribution is -0.137. The number of nitrogens with two attached hydrogens (primary N) is 2. The van der Waals surface area contributed by atoms with E-state index in [0.29, 0.717) is 43.0 Å². The van der Waals surface area contributed by atoms with E-state index >= 15 is 0 Å². The Kier molecular flexibility index (Phi) is 22.3. The van der Waals surface area contributed by atoms with Crippen LogP contribution in [0.25, 0.3) is 0 Å². The van der Waals surface area contributed by atoms with Gasteiger partial charge in [-0.2, -0.15) is 11.8 Å². The molecule has 2 heterocycles. The fraction of sp³-hybridized carbons (Fsp3) is 0.610. The van der Waals surface area contributed by atoms with Gasteiger partial charge < -0.3 is 59.1 Å². The fourth-order valence-electron chi connectivity index (χ4n) is 7.30. The van der Waals surface area contributed by atoms with Crippen molar-refractivity contribution in [3.63, 3.8) is 0 Å². The van der Waals surface area contributed by atoms with Crippen LogP contribution >= 0.6 is 11.8 Å². The van der Waals surface area contributed by atoms with Crippen molar-refractivity contribution in [3.05, 3.63) is 29.8 Å². The van der Waals surface area contributed by atoms with Gasteiger partial charge in [0.2, 0.25) is 53.2 Å². The summed E-state index contributed by atoms with van der Waals surface area (Å²) in [6.45, 7) is 2.68. The van der Waals surface area contributed by atoms with E-state index in [1.54, 1.807) is 13.8 Å². The number of amides is 11. The topological polar surface area (TPSA) is 371 Å². The number of carbonyl (C=O) groups is 10. The normalized spacial score (nSPS) is 18.0. The number of aromatic hydroxyl groups is 1. The van der Waals surface area contributed by atoms with Crippen LogP contribution in [0.1, 0.15) is 83.6 Å². The smallest absolute Gasteiger partial charge is 0.315 e. The number of unbranched alkanes of at least 4 members (excludes halogenated alkanes) is 2. The highest BCUT2D eigenvalue weighted by Gasteiger charge is 2.42. The van der Waals surface area contributed by atoms with Crippen LogP contribution in [0.3, 0.4) is 0 Å². The molecule has 1 aromatic carbocycles. The summed E-state index contributed by atoms with van der Waals surface area (Å²) < 4.78 is 0. The molecule has 2 aliphatic heterocycles. The van der Waals surface area contributed by atoms with E-state index in [2.05, 4.69) is 42.5 Å². The number of fused-ring (bicyclic) bond motifs is 1. The molecule has 15 N–H and O–H groups in total. The predicted molar refractivity (Wildman–Crippen MR) is 235 cm³/mol. The summed E-state index contributed by atoms with van der Waals surface area (Å²) >= 11 is 1.82. The third-order valence-corrected chi connectivity index (χ3v) is 12.1. The molecule has 1 unspecified atom stereocenters. The second kappa shape index (κ2) is 27.2. The molecule has 2 saturated heterocycles. The zero-order valence-corrected chi connectivity index (χ0v) is 37.4. The van der Waals surface area contributed by atoms with Gasteiger partial charge in [-0.05, 0) is 62.1 Å². The summed E-state index contributed by atoms with van der Waals surface area (Å²) in [6.07, 6.45) is 2.82. The first kappa shape index (κ1) is 53.2. The van der Waals surface area contributed by atoms with Crippen LogP contribution in [0.5, 0.6) is 5.75 Å². The van der Waals surface area contributed by atoms with Gasteiger partial charge in [-0.25, -0.2) is 10.3 Å².